The summed E-state index contributed by atoms with van der Waals surface area (Å²) >= 11 is 0. The minimum Gasteiger partial charge on any atom is -0.273 e. The maximum Gasteiger partial charge on any atom is 0.243 e. The number of nitrogens with zero attached hydrogens (tertiary/aromatic N) is 3. The second-order valence-corrected chi connectivity index (χ2v) is 7.89. The average molecular weight is 335 g/mol. The molecule has 0 N–H and O–H groups in total. The molecule has 1 aromatic heterocycles. The molecule has 0 saturated heterocycles. The Morgan fingerprint density at radius 2 is 1.87 bits per heavy atom. The summed E-state index contributed by atoms with van der Waals surface area (Å²) in [7, 11) is -1.89. The van der Waals surface area contributed by atoms with Gasteiger partial charge in [0, 0.05) is 31.9 Å². The van der Waals surface area contributed by atoms with Crippen LogP contribution >= 0.6 is 0 Å². The average Bonchev–Trinajstić information content (AvgIpc) is 3.01. The van der Waals surface area contributed by atoms with Gasteiger partial charge in [-0.3, -0.25) is 4.68 Å². The number of hydrogen-bond acceptors (Lipinski definition) is 3. The Balaban J connectivity index is 2.16. The van der Waals surface area contributed by atoms with E-state index in [1.807, 2.05) is 25.3 Å². The van der Waals surface area contributed by atoms with Gasteiger partial charge in [0.25, 0.3) is 0 Å². The standard InChI is InChI=1S/C17H25N3O2S/c1-5-14(3)16-7-9-17(10-8-16)23(21,22)19(4)12-15-11-18-20(6-2)13-15/h7-11,13-14H,5-6,12H2,1-4H3. The van der Waals surface area contributed by atoms with Crippen LogP contribution < -0.4 is 0 Å². The highest BCUT2D eigenvalue weighted by Gasteiger charge is 2.21. The first-order valence-corrected chi connectivity index (χ1v) is 9.40. The van der Waals surface area contributed by atoms with Crippen molar-refractivity contribution in [1.29, 1.82) is 0 Å². The number of aromatic nitrogens is 2. The van der Waals surface area contributed by atoms with Gasteiger partial charge in [-0.25, -0.2) is 8.42 Å². The van der Waals surface area contributed by atoms with Crippen LogP contribution in [-0.4, -0.2) is 29.6 Å². The maximum absolute atomic E-state index is 12.7. The summed E-state index contributed by atoms with van der Waals surface area (Å²) in [4.78, 5) is 0.329. The molecule has 2 rings (SSSR count). The van der Waals surface area contributed by atoms with E-state index < -0.39 is 10.0 Å². The molecule has 2 aromatic rings. The third-order valence-corrected chi connectivity index (χ3v) is 6.00. The van der Waals surface area contributed by atoms with E-state index in [4.69, 9.17) is 0 Å². The minimum atomic E-state index is -3.49. The smallest absolute Gasteiger partial charge is 0.243 e. The van der Waals surface area contributed by atoms with Crippen LogP contribution in [0.4, 0.5) is 0 Å². The summed E-state index contributed by atoms with van der Waals surface area (Å²) in [5, 5.41) is 4.18. The number of hydrogen-bond donors (Lipinski definition) is 0. The van der Waals surface area contributed by atoms with Crippen molar-refractivity contribution in [1.82, 2.24) is 14.1 Å². The van der Waals surface area contributed by atoms with Crippen LogP contribution in [0.5, 0.6) is 0 Å². The van der Waals surface area contributed by atoms with Crippen LogP contribution in [0.2, 0.25) is 0 Å². The van der Waals surface area contributed by atoms with Gasteiger partial charge < -0.3 is 0 Å². The summed E-state index contributed by atoms with van der Waals surface area (Å²) in [6, 6.07) is 7.21. The molecule has 5 nitrogen and oxygen atoms in total. The van der Waals surface area contributed by atoms with Gasteiger partial charge in [0.2, 0.25) is 10.0 Å². The molecule has 1 unspecified atom stereocenters. The monoisotopic (exact) mass is 335 g/mol. The van der Waals surface area contributed by atoms with Gasteiger partial charge in [-0.2, -0.15) is 9.40 Å². The lowest BCUT2D eigenvalue weighted by Gasteiger charge is -2.17. The summed E-state index contributed by atoms with van der Waals surface area (Å²) in [5.74, 6) is 0.435. The Morgan fingerprint density at radius 3 is 2.39 bits per heavy atom. The SMILES string of the molecule is CCC(C)c1ccc(S(=O)(=O)N(C)Cc2cnn(CC)c2)cc1. The third-order valence-electron chi connectivity index (χ3n) is 4.19. The Labute approximate surface area is 139 Å². The van der Waals surface area contributed by atoms with Gasteiger partial charge in [-0.05, 0) is 37.0 Å². The molecule has 0 aliphatic heterocycles. The molecule has 0 radical (unpaired) electrons. The molecule has 1 aromatic carbocycles. The van der Waals surface area contributed by atoms with Crippen molar-refractivity contribution in [2.75, 3.05) is 7.05 Å². The lowest BCUT2D eigenvalue weighted by molar-refractivity contribution is 0.466. The van der Waals surface area contributed by atoms with E-state index >= 15 is 0 Å². The van der Waals surface area contributed by atoms with E-state index in [1.54, 1.807) is 30.1 Å². The van der Waals surface area contributed by atoms with Gasteiger partial charge >= 0.3 is 0 Å². The zero-order valence-electron chi connectivity index (χ0n) is 14.2. The van der Waals surface area contributed by atoms with Crippen molar-refractivity contribution in [3.05, 3.63) is 47.8 Å². The number of sulfonamides is 1. The predicted molar refractivity (Wildman–Crippen MR) is 91.7 cm³/mol. The highest BCUT2D eigenvalue weighted by Crippen LogP contribution is 2.22. The number of aryl methyl sites for hydroxylation is 1. The summed E-state index contributed by atoms with van der Waals surface area (Å²) in [6.07, 6.45) is 4.62. The van der Waals surface area contributed by atoms with E-state index in [0.29, 0.717) is 17.4 Å². The van der Waals surface area contributed by atoms with Crippen molar-refractivity contribution in [2.45, 2.75) is 51.1 Å². The molecular formula is C17H25N3O2S. The highest BCUT2D eigenvalue weighted by atomic mass is 32.2. The van der Waals surface area contributed by atoms with Gasteiger partial charge in [0.1, 0.15) is 0 Å². The zero-order chi connectivity index (χ0) is 17.0. The van der Waals surface area contributed by atoms with E-state index in [2.05, 4.69) is 18.9 Å². The van der Waals surface area contributed by atoms with Crippen LogP contribution in [0.1, 0.15) is 44.2 Å². The Hall–Kier alpha value is -1.66. The first-order chi connectivity index (χ1) is 10.9. The van der Waals surface area contributed by atoms with Crippen LogP contribution in [0.15, 0.2) is 41.6 Å². The topological polar surface area (TPSA) is 55.2 Å². The molecule has 1 heterocycles. The molecule has 0 fully saturated rings. The van der Waals surface area contributed by atoms with Gasteiger partial charge in [-0.1, -0.05) is 26.0 Å². The second-order valence-electron chi connectivity index (χ2n) is 5.84. The van der Waals surface area contributed by atoms with Crippen LogP contribution in [0, 0.1) is 0 Å². The largest absolute Gasteiger partial charge is 0.273 e. The van der Waals surface area contributed by atoms with E-state index in [0.717, 1.165) is 18.5 Å². The van der Waals surface area contributed by atoms with Crippen LogP contribution in [-0.2, 0) is 23.1 Å². The van der Waals surface area contributed by atoms with E-state index in [1.165, 1.54) is 9.87 Å². The van der Waals surface area contributed by atoms with E-state index in [9.17, 15) is 8.42 Å². The molecular weight excluding hydrogens is 310 g/mol. The fourth-order valence-corrected chi connectivity index (χ4v) is 3.55. The van der Waals surface area contributed by atoms with Crippen molar-refractivity contribution in [3.8, 4) is 0 Å². The lowest BCUT2D eigenvalue weighted by Crippen LogP contribution is -2.26. The predicted octanol–water partition coefficient (Wildman–Crippen LogP) is 3.24. The molecule has 0 bridgehead atoms. The van der Waals surface area contributed by atoms with Crippen molar-refractivity contribution in [2.24, 2.45) is 0 Å². The van der Waals surface area contributed by atoms with Gasteiger partial charge in [-0.15, -0.1) is 0 Å². The molecule has 0 spiro atoms. The summed E-state index contributed by atoms with van der Waals surface area (Å²) in [5.41, 5.74) is 2.05. The molecule has 0 saturated carbocycles. The molecule has 0 aliphatic carbocycles. The quantitative estimate of drug-likeness (QED) is 0.780. The number of rotatable bonds is 7. The molecule has 6 heteroatoms. The minimum absolute atomic E-state index is 0.315. The van der Waals surface area contributed by atoms with Crippen molar-refractivity contribution < 1.29 is 8.42 Å². The normalized spacial score (nSPS) is 13.4. The van der Waals surface area contributed by atoms with Crippen LogP contribution in [0.25, 0.3) is 0 Å². The maximum atomic E-state index is 12.7. The zero-order valence-corrected chi connectivity index (χ0v) is 15.0. The lowest BCUT2D eigenvalue weighted by atomic mass is 9.99. The van der Waals surface area contributed by atoms with Crippen molar-refractivity contribution in [3.63, 3.8) is 0 Å². The summed E-state index contributed by atoms with van der Waals surface area (Å²) in [6.45, 7) is 7.35. The Kier molecular flexibility index (Phi) is 5.59. The molecule has 0 aliphatic rings. The highest BCUT2D eigenvalue weighted by molar-refractivity contribution is 7.89. The third kappa shape index (κ3) is 4.00. The van der Waals surface area contributed by atoms with E-state index in [-0.39, 0.29) is 0 Å². The van der Waals surface area contributed by atoms with Gasteiger partial charge in [0.15, 0.2) is 0 Å². The van der Waals surface area contributed by atoms with Crippen LogP contribution in [0.3, 0.4) is 0 Å². The molecule has 1 atom stereocenters. The Bertz CT molecular complexity index is 735. The first kappa shape index (κ1) is 17.7. The number of benzene rings is 1. The van der Waals surface area contributed by atoms with Gasteiger partial charge in [0.05, 0.1) is 11.1 Å². The van der Waals surface area contributed by atoms with Crippen molar-refractivity contribution >= 4 is 10.0 Å². The fraction of sp³-hybridized carbons (Fsp3) is 0.471. The first-order valence-electron chi connectivity index (χ1n) is 7.96. The molecule has 0 amide bonds. The fourth-order valence-electron chi connectivity index (χ4n) is 2.39. The summed E-state index contributed by atoms with van der Waals surface area (Å²) < 4.78 is 28.5. The molecule has 23 heavy (non-hydrogen) atoms. The molecule has 126 valence electrons. The second kappa shape index (κ2) is 7.27. The Morgan fingerprint density at radius 1 is 1.22 bits per heavy atom.